The first-order valence-electron chi connectivity index (χ1n) is 9.86. The Labute approximate surface area is 171 Å². The summed E-state index contributed by atoms with van der Waals surface area (Å²) in [5.41, 5.74) is 1.28. The molecule has 3 rings (SSSR count). The van der Waals surface area contributed by atoms with Crippen LogP contribution in [0.25, 0.3) is 0 Å². The molecule has 0 amide bonds. The van der Waals surface area contributed by atoms with Gasteiger partial charge in [0.25, 0.3) is 0 Å². The van der Waals surface area contributed by atoms with Crippen molar-refractivity contribution in [1.29, 1.82) is 0 Å². The minimum atomic E-state index is -0.0249. The summed E-state index contributed by atoms with van der Waals surface area (Å²) < 4.78 is 5.63. The monoisotopic (exact) mass is 401 g/mol. The van der Waals surface area contributed by atoms with E-state index >= 15 is 0 Å². The fourth-order valence-corrected chi connectivity index (χ4v) is 4.26. The number of hydrogen-bond donors (Lipinski definition) is 3. The molecule has 28 heavy (non-hydrogen) atoms. The molecule has 2 heterocycles. The van der Waals surface area contributed by atoms with Crippen LogP contribution in [0.4, 0.5) is 0 Å². The molecule has 1 fully saturated rings. The summed E-state index contributed by atoms with van der Waals surface area (Å²) in [6.07, 6.45) is 3.85. The van der Waals surface area contributed by atoms with Crippen LogP contribution >= 0.6 is 11.3 Å². The van der Waals surface area contributed by atoms with Crippen LogP contribution in [0.1, 0.15) is 41.3 Å². The van der Waals surface area contributed by atoms with Crippen molar-refractivity contribution in [1.82, 2.24) is 20.9 Å². The predicted octanol–water partition coefficient (Wildman–Crippen LogP) is 3.02. The van der Waals surface area contributed by atoms with Gasteiger partial charge in [-0.05, 0) is 32.3 Å². The third kappa shape index (κ3) is 5.77. The number of guanidine groups is 1. The Balaban J connectivity index is 1.59. The van der Waals surface area contributed by atoms with Gasteiger partial charge < -0.3 is 20.7 Å². The summed E-state index contributed by atoms with van der Waals surface area (Å²) >= 11 is 1.71. The van der Waals surface area contributed by atoms with Gasteiger partial charge in [0, 0.05) is 49.5 Å². The zero-order valence-corrected chi connectivity index (χ0v) is 17.8. The van der Waals surface area contributed by atoms with Crippen molar-refractivity contribution in [3.05, 3.63) is 52.0 Å². The molecule has 1 aliphatic rings. The van der Waals surface area contributed by atoms with Crippen molar-refractivity contribution < 1.29 is 4.74 Å². The molecule has 1 aromatic heterocycles. The standard InChI is InChI=1S/C21H31N5OS/c1-16-13-23-19(28-16)14-24-20(22-3)25-15-21(9-11-27-12-10-21)26-17(2)18-7-5-4-6-8-18/h4-8,13,17,26H,9-12,14-15H2,1-3H3,(H2,22,24,25). The lowest BCUT2D eigenvalue weighted by atomic mass is 9.88. The summed E-state index contributed by atoms with van der Waals surface area (Å²) in [6.45, 7) is 7.33. The SMILES string of the molecule is CN=C(NCc1ncc(C)s1)NCC1(NC(C)c2ccccc2)CCOCC1. The lowest BCUT2D eigenvalue weighted by molar-refractivity contribution is 0.0355. The van der Waals surface area contributed by atoms with Crippen LogP contribution in [0.2, 0.25) is 0 Å². The molecule has 6 nitrogen and oxygen atoms in total. The van der Waals surface area contributed by atoms with Gasteiger partial charge in [0.05, 0.1) is 6.54 Å². The van der Waals surface area contributed by atoms with Gasteiger partial charge in [-0.1, -0.05) is 30.3 Å². The summed E-state index contributed by atoms with van der Waals surface area (Å²) in [4.78, 5) is 10.0. The van der Waals surface area contributed by atoms with E-state index in [0.717, 1.165) is 43.6 Å². The first kappa shape index (κ1) is 20.8. The Hall–Kier alpha value is -1.96. The van der Waals surface area contributed by atoms with Crippen molar-refractivity contribution in [3.8, 4) is 0 Å². The van der Waals surface area contributed by atoms with E-state index < -0.39 is 0 Å². The maximum atomic E-state index is 5.63. The van der Waals surface area contributed by atoms with E-state index in [-0.39, 0.29) is 11.6 Å². The van der Waals surface area contributed by atoms with Gasteiger partial charge in [0.15, 0.2) is 5.96 Å². The normalized spacial score (nSPS) is 17.9. The molecule has 0 radical (unpaired) electrons. The van der Waals surface area contributed by atoms with Crippen LogP contribution in [0, 0.1) is 6.92 Å². The third-order valence-corrected chi connectivity index (χ3v) is 6.08. The van der Waals surface area contributed by atoms with E-state index in [1.165, 1.54) is 10.4 Å². The second kappa shape index (κ2) is 10.0. The number of aryl methyl sites for hydroxylation is 1. The van der Waals surface area contributed by atoms with E-state index in [2.05, 4.69) is 70.1 Å². The van der Waals surface area contributed by atoms with E-state index in [1.807, 2.05) is 6.20 Å². The Morgan fingerprint density at radius 1 is 1.25 bits per heavy atom. The van der Waals surface area contributed by atoms with E-state index in [9.17, 15) is 0 Å². The lowest BCUT2D eigenvalue weighted by Crippen LogP contribution is -2.58. The zero-order valence-electron chi connectivity index (χ0n) is 17.0. The lowest BCUT2D eigenvalue weighted by Gasteiger charge is -2.41. The Morgan fingerprint density at radius 2 is 2.00 bits per heavy atom. The first-order chi connectivity index (χ1) is 13.6. The van der Waals surface area contributed by atoms with Crippen molar-refractivity contribution in [2.24, 2.45) is 4.99 Å². The quantitative estimate of drug-likeness (QED) is 0.491. The Morgan fingerprint density at radius 3 is 2.64 bits per heavy atom. The number of nitrogens with one attached hydrogen (secondary N) is 3. The van der Waals surface area contributed by atoms with Crippen LogP contribution in [-0.4, -0.2) is 43.3 Å². The smallest absolute Gasteiger partial charge is 0.191 e. The second-order valence-corrected chi connectivity index (χ2v) is 8.63. The highest BCUT2D eigenvalue weighted by atomic mass is 32.1. The van der Waals surface area contributed by atoms with Crippen LogP contribution in [0.15, 0.2) is 41.5 Å². The number of aromatic nitrogens is 1. The van der Waals surface area contributed by atoms with Crippen molar-refractivity contribution in [3.63, 3.8) is 0 Å². The van der Waals surface area contributed by atoms with Gasteiger partial charge in [0.2, 0.25) is 0 Å². The molecule has 0 bridgehead atoms. The number of rotatable bonds is 7. The van der Waals surface area contributed by atoms with Gasteiger partial charge in [-0.2, -0.15) is 0 Å². The number of aliphatic imine (C=N–C) groups is 1. The molecule has 0 saturated carbocycles. The summed E-state index contributed by atoms with van der Waals surface area (Å²) in [6, 6.07) is 10.9. The third-order valence-electron chi connectivity index (χ3n) is 5.17. The van der Waals surface area contributed by atoms with Crippen molar-refractivity contribution >= 4 is 17.3 Å². The largest absolute Gasteiger partial charge is 0.381 e. The molecule has 0 spiro atoms. The molecule has 1 aliphatic heterocycles. The molecular weight excluding hydrogens is 370 g/mol. The number of ether oxygens (including phenoxy) is 1. The number of nitrogens with zero attached hydrogens (tertiary/aromatic N) is 2. The van der Waals surface area contributed by atoms with Crippen LogP contribution in [-0.2, 0) is 11.3 Å². The van der Waals surface area contributed by atoms with E-state index in [4.69, 9.17) is 4.74 Å². The summed E-state index contributed by atoms with van der Waals surface area (Å²) in [7, 11) is 1.80. The number of benzene rings is 1. The Bertz CT molecular complexity index is 755. The molecule has 1 unspecified atom stereocenters. The van der Waals surface area contributed by atoms with Gasteiger partial charge in [0.1, 0.15) is 5.01 Å². The highest BCUT2D eigenvalue weighted by Crippen LogP contribution is 2.25. The maximum absolute atomic E-state index is 5.63. The van der Waals surface area contributed by atoms with Gasteiger partial charge >= 0.3 is 0 Å². The molecule has 3 N–H and O–H groups in total. The highest BCUT2D eigenvalue weighted by Gasteiger charge is 2.34. The van der Waals surface area contributed by atoms with Crippen LogP contribution in [0.3, 0.4) is 0 Å². The van der Waals surface area contributed by atoms with Crippen molar-refractivity contribution in [2.45, 2.75) is 44.8 Å². The molecular formula is C21H31N5OS. The molecule has 0 aliphatic carbocycles. The number of thiazole rings is 1. The summed E-state index contributed by atoms with van der Waals surface area (Å²) in [5, 5.41) is 11.8. The second-order valence-electron chi connectivity index (χ2n) is 7.31. The van der Waals surface area contributed by atoms with E-state index in [1.54, 1.807) is 18.4 Å². The maximum Gasteiger partial charge on any atom is 0.191 e. The van der Waals surface area contributed by atoms with Gasteiger partial charge in [-0.3, -0.25) is 4.99 Å². The molecule has 2 aromatic rings. The fraction of sp³-hybridized carbons (Fsp3) is 0.524. The fourth-order valence-electron chi connectivity index (χ4n) is 3.53. The topological polar surface area (TPSA) is 70.6 Å². The van der Waals surface area contributed by atoms with Crippen LogP contribution < -0.4 is 16.0 Å². The molecule has 1 atom stereocenters. The predicted molar refractivity (Wildman–Crippen MR) is 116 cm³/mol. The molecule has 1 saturated heterocycles. The minimum Gasteiger partial charge on any atom is -0.381 e. The van der Waals surface area contributed by atoms with Gasteiger partial charge in [-0.15, -0.1) is 11.3 Å². The minimum absolute atomic E-state index is 0.0249. The summed E-state index contributed by atoms with van der Waals surface area (Å²) in [5.74, 6) is 0.799. The average Bonchev–Trinajstić information content (AvgIpc) is 3.14. The molecule has 7 heteroatoms. The first-order valence-corrected chi connectivity index (χ1v) is 10.7. The van der Waals surface area contributed by atoms with Gasteiger partial charge in [-0.25, -0.2) is 4.98 Å². The zero-order chi connectivity index (χ0) is 19.8. The Kier molecular flexibility index (Phi) is 7.42. The molecule has 152 valence electrons. The molecule has 1 aromatic carbocycles. The average molecular weight is 402 g/mol. The van der Waals surface area contributed by atoms with Crippen molar-refractivity contribution in [2.75, 3.05) is 26.8 Å². The van der Waals surface area contributed by atoms with E-state index in [0.29, 0.717) is 6.54 Å². The van der Waals surface area contributed by atoms with Crippen LogP contribution in [0.5, 0.6) is 0 Å². The highest BCUT2D eigenvalue weighted by molar-refractivity contribution is 7.11. The number of hydrogen-bond acceptors (Lipinski definition) is 5.